The van der Waals surface area contributed by atoms with E-state index in [9.17, 15) is 0 Å². The summed E-state index contributed by atoms with van der Waals surface area (Å²) in [7, 11) is 0. The molecule has 0 bridgehead atoms. The zero-order chi connectivity index (χ0) is 18.6. The first-order valence-electron chi connectivity index (χ1n) is 8.08. The van der Waals surface area contributed by atoms with Crippen LogP contribution in [0.1, 0.15) is 4.88 Å². The third-order valence-corrected chi connectivity index (χ3v) is 16.3. The quantitative estimate of drug-likeness (QED) is 0.302. The molecule has 26 heavy (non-hydrogen) atoms. The molecule has 0 aliphatic rings. The van der Waals surface area contributed by atoms with Gasteiger partial charge in [-0.05, 0) is 0 Å². The second-order valence-electron chi connectivity index (χ2n) is 7.16. The number of thiophene rings is 2. The van der Waals surface area contributed by atoms with Crippen LogP contribution < -0.4 is 2.89 Å². The van der Waals surface area contributed by atoms with Crippen molar-refractivity contribution in [3.63, 3.8) is 0 Å². The first-order chi connectivity index (χ1) is 12.3. The summed E-state index contributed by atoms with van der Waals surface area (Å²) < 4.78 is 40.2. The van der Waals surface area contributed by atoms with Crippen LogP contribution in [0, 0.1) is 18.6 Å². The van der Waals surface area contributed by atoms with Crippen molar-refractivity contribution in [3.05, 3.63) is 40.8 Å². The van der Waals surface area contributed by atoms with E-state index in [1.54, 1.807) is 11.3 Å². The predicted octanol–water partition coefficient (Wildman–Crippen LogP) is 6.28. The summed E-state index contributed by atoms with van der Waals surface area (Å²) in [6.07, 6.45) is 0. The van der Waals surface area contributed by atoms with E-state index < -0.39 is 30.0 Å². The molecule has 0 spiro atoms. The summed E-state index contributed by atoms with van der Waals surface area (Å²) in [6, 6.07) is 7.68. The number of hydrogen-bond donors (Lipinski definition) is 0. The van der Waals surface area contributed by atoms with Crippen molar-refractivity contribution in [2.45, 2.75) is 21.7 Å². The number of aromatic nitrogens is 2. The van der Waals surface area contributed by atoms with Crippen LogP contribution in [0.5, 0.6) is 0 Å². The fourth-order valence-corrected chi connectivity index (χ4v) is 10.6. The predicted molar refractivity (Wildman–Crippen MR) is 112 cm³/mol. The van der Waals surface area contributed by atoms with E-state index in [-0.39, 0.29) is 11.1 Å². The number of fused-ring (bicyclic) bond motifs is 1. The number of rotatable bonds is 3. The van der Waals surface area contributed by atoms with Crippen molar-refractivity contribution < 1.29 is 8.78 Å². The Bertz CT molecular complexity index is 1120. The van der Waals surface area contributed by atoms with Gasteiger partial charge in [0.2, 0.25) is 0 Å². The van der Waals surface area contributed by atoms with Gasteiger partial charge in [0.15, 0.2) is 0 Å². The minimum atomic E-state index is -2.27. The topological polar surface area (TPSA) is 25.8 Å². The maximum atomic E-state index is 15.1. The van der Waals surface area contributed by atoms with E-state index in [0.29, 0.717) is 15.9 Å². The molecule has 0 aliphatic heterocycles. The van der Waals surface area contributed by atoms with E-state index in [4.69, 9.17) is 0 Å². The van der Waals surface area contributed by atoms with Gasteiger partial charge in [0.1, 0.15) is 0 Å². The molecule has 1 aromatic carbocycles. The molecular formula is C18H16F2N2S3Sn. The first kappa shape index (κ1) is 18.5. The van der Waals surface area contributed by atoms with Gasteiger partial charge in [-0.3, -0.25) is 0 Å². The van der Waals surface area contributed by atoms with Gasteiger partial charge >= 0.3 is 168 Å². The molecule has 2 nitrogen and oxygen atoms in total. The summed E-state index contributed by atoms with van der Waals surface area (Å²) in [5.74, 6) is -1.67. The molecule has 0 amide bonds. The number of hydrogen-bond acceptors (Lipinski definition) is 5. The average molecular weight is 513 g/mol. The second kappa shape index (κ2) is 6.61. The van der Waals surface area contributed by atoms with Crippen LogP contribution in [0.3, 0.4) is 0 Å². The summed E-state index contributed by atoms with van der Waals surface area (Å²) in [5.41, 5.74) is 1.36. The van der Waals surface area contributed by atoms with Crippen molar-refractivity contribution in [2.75, 3.05) is 0 Å². The SMILES string of the molecule is Cc1ccc(-c2c(F)c(F)c(-c3cc[c]([Sn]([CH3])([CH3])[CH3])s3)c3nsnc23)s1. The van der Waals surface area contributed by atoms with E-state index in [2.05, 4.69) is 29.6 Å². The van der Waals surface area contributed by atoms with Crippen LogP contribution in [0.4, 0.5) is 8.78 Å². The number of aryl methyl sites for hydroxylation is 1. The van der Waals surface area contributed by atoms with Crippen molar-refractivity contribution in [3.8, 4) is 20.9 Å². The molecular weight excluding hydrogens is 497 g/mol. The summed E-state index contributed by atoms with van der Waals surface area (Å²) in [4.78, 5) is 9.38. The third-order valence-electron chi connectivity index (χ3n) is 4.17. The standard InChI is InChI=1S/C15H7F2N2S3.3CH3.Sn/c1-7-4-5-9(21-7)11-13(17)12(16)10(8-3-2-6-20-8)14-15(11)19-22-18-14;;;;/h2-5H,1H3;3*1H3;. The molecule has 0 saturated carbocycles. The molecule has 4 aromatic rings. The van der Waals surface area contributed by atoms with Crippen LogP contribution in [0.15, 0.2) is 24.3 Å². The number of nitrogens with zero attached hydrogens (tertiary/aromatic N) is 2. The molecule has 4 rings (SSSR count). The first-order valence-corrected chi connectivity index (χ1v) is 20.4. The Labute approximate surface area is 166 Å². The second-order valence-corrected chi connectivity index (χ2v) is 25.5. The Hall–Kier alpha value is -0.901. The molecule has 3 heterocycles. The third kappa shape index (κ3) is 3.02. The number of benzene rings is 1. The fraction of sp³-hybridized carbons (Fsp3) is 0.222. The summed E-state index contributed by atoms with van der Waals surface area (Å²) >= 11 is 1.72. The van der Waals surface area contributed by atoms with Crippen LogP contribution >= 0.6 is 34.4 Å². The Morgan fingerprint density at radius 1 is 0.808 bits per heavy atom. The fourth-order valence-electron chi connectivity index (χ4n) is 2.84. The van der Waals surface area contributed by atoms with Crippen molar-refractivity contribution in [2.24, 2.45) is 0 Å². The minimum absolute atomic E-state index is 0.222. The van der Waals surface area contributed by atoms with Crippen LogP contribution in [0.2, 0.25) is 14.8 Å². The molecule has 0 N–H and O–H groups in total. The molecule has 0 aliphatic carbocycles. The zero-order valence-electron chi connectivity index (χ0n) is 14.7. The Morgan fingerprint density at radius 3 is 1.81 bits per heavy atom. The van der Waals surface area contributed by atoms with E-state index >= 15 is 8.78 Å². The van der Waals surface area contributed by atoms with Crippen molar-refractivity contribution in [1.29, 1.82) is 0 Å². The van der Waals surface area contributed by atoms with Crippen LogP contribution in [-0.4, -0.2) is 27.1 Å². The molecule has 8 heteroatoms. The van der Waals surface area contributed by atoms with Gasteiger partial charge in [-0.15, -0.1) is 0 Å². The Kier molecular flexibility index (Phi) is 4.69. The van der Waals surface area contributed by atoms with Gasteiger partial charge in [-0.2, -0.15) is 0 Å². The van der Waals surface area contributed by atoms with Crippen LogP contribution in [0.25, 0.3) is 31.9 Å². The van der Waals surface area contributed by atoms with Gasteiger partial charge < -0.3 is 0 Å². The summed E-state index contributed by atoms with van der Waals surface area (Å²) in [5, 5.41) is 0. The molecule has 0 saturated heterocycles. The molecule has 0 unspecified atom stereocenters. The van der Waals surface area contributed by atoms with Gasteiger partial charge in [0.05, 0.1) is 0 Å². The molecule has 134 valence electrons. The Balaban J connectivity index is 2.00. The van der Waals surface area contributed by atoms with Crippen molar-refractivity contribution in [1.82, 2.24) is 8.75 Å². The Morgan fingerprint density at radius 2 is 1.35 bits per heavy atom. The van der Waals surface area contributed by atoms with Gasteiger partial charge in [-0.1, -0.05) is 0 Å². The molecule has 0 radical (unpaired) electrons. The van der Waals surface area contributed by atoms with Crippen molar-refractivity contribution >= 4 is 66.7 Å². The van der Waals surface area contributed by atoms with Gasteiger partial charge in [0.25, 0.3) is 0 Å². The summed E-state index contributed by atoms with van der Waals surface area (Å²) in [6.45, 7) is 1.94. The normalized spacial score (nSPS) is 12.2. The van der Waals surface area contributed by atoms with Crippen LogP contribution in [-0.2, 0) is 0 Å². The monoisotopic (exact) mass is 514 g/mol. The van der Waals surface area contributed by atoms with E-state index in [1.165, 1.54) is 14.2 Å². The van der Waals surface area contributed by atoms with E-state index in [1.807, 2.05) is 25.1 Å². The maximum absolute atomic E-state index is 15.1. The molecule has 0 fully saturated rings. The molecule has 0 atom stereocenters. The van der Waals surface area contributed by atoms with E-state index in [0.717, 1.165) is 21.5 Å². The number of halogens is 2. The zero-order valence-corrected chi connectivity index (χ0v) is 20.0. The molecule has 3 aromatic heterocycles. The average Bonchev–Trinajstić information content (AvgIpc) is 3.28. The van der Waals surface area contributed by atoms with Gasteiger partial charge in [-0.25, -0.2) is 0 Å². The van der Waals surface area contributed by atoms with Gasteiger partial charge in [0, 0.05) is 0 Å².